The monoisotopic (exact) mass is 308 g/mol. The summed E-state index contributed by atoms with van der Waals surface area (Å²) in [6, 6.07) is 8.37. The van der Waals surface area contributed by atoms with E-state index in [1.807, 2.05) is 6.07 Å². The van der Waals surface area contributed by atoms with Crippen molar-refractivity contribution >= 4 is 10.0 Å². The number of nitriles is 1. The Hall–Kier alpha value is -1.42. The minimum Gasteiger partial charge on any atom is -0.393 e. The van der Waals surface area contributed by atoms with Crippen molar-refractivity contribution in [2.45, 2.75) is 43.1 Å². The summed E-state index contributed by atoms with van der Waals surface area (Å²) >= 11 is 0. The SMILES string of the molecule is N#CCc1ccc(S(=O)(=O)NCC2CCCC(O)C2)cc1. The normalized spacial score (nSPS) is 22.7. The molecule has 0 aliphatic heterocycles. The van der Waals surface area contributed by atoms with E-state index >= 15 is 0 Å². The highest BCUT2D eigenvalue weighted by Crippen LogP contribution is 2.24. The molecule has 6 heteroatoms. The Balaban J connectivity index is 1.96. The lowest BCUT2D eigenvalue weighted by molar-refractivity contribution is 0.102. The van der Waals surface area contributed by atoms with Crippen molar-refractivity contribution in [1.82, 2.24) is 4.72 Å². The first-order valence-electron chi connectivity index (χ1n) is 7.15. The van der Waals surface area contributed by atoms with Crippen molar-refractivity contribution in [3.8, 4) is 6.07 Å². The molecule has 2 unspecified atom stereocenters. The molecule has 0 radical (unpaired) electrons. The second-order valence-electron chi connectivity index (χ2n) is 5.52. The smallest absolute Gasteiger partial charge is 0.240 e. The molecule has 0 saturated heterocycles. The number of nitrogens with zero attached hydrogens (tertiary/aromatic N) is 1. The summed E-state index contributed by atoms with van der Waals surface area (Å²) in [5.74, 6) is 0.196. The zero-order valence-electron chi connectivity index (χ0n) is 11.8. The molecule has 1 fully saturated rings. The molecule has 21 heavy (non-hydrogen) atoms. The lowest BCUT2D eigenvalue weighted by atomic mass is 9.87. The summed E-state index contributed by atoms with van der Waals surface area (Å²) < 4.78 is 27.0. The van der Waals surface area contributed by atoms with E-state index in [1.165, 1.54) is 12.1 Å². The predicted octanol–water partition coefficient (Wildman–Crippen LogP) is 1.58. The number of sulfonamides is 1. The van der Waals surface area contributed by atoms with Gasteiger partial charge in [0.1, 0.15) is 0 Å². The van der Waals surface area contributed by atoms with Crippen LogP contribution in [-0.4, -0.2) is 26.2 Å². The highest BCUT2D eigenvalue weighted by atomic mass is 32.2. The van der Waals surface area contributed by atoms with Crippen LogP contribution in [0.25, 0.3) is 0 Å². The van der Waals surface area contributed by atoms with Gasteiger partial charge in [-0.3, -0.25) is 0 Å². The molecule has 0 spiro atoms. The summed E-state index contributed by atoms with van der Waals surface area (Å²) in [6.07, 6.45) is 3.32. The van der Waals surface area contributed by atoms with Crippen molar-refractivity contribution < 1.29 is 13.5 Å². The van der Waals surface area contributed by atoms with Gasteiger partial charge in [0, 0.05) is 6.54 Å². The van der Waals surface area contributed by atoms with Crippen LogP contribution in [-0.2, 0) is 16.4 Å². The highest BCUT2D eigenvalue weighted by Gasteiger charge is 2.22. The molecule has 0 bridgehead atoms. The zero-order valence-corrected chi connectivity index (χ0v) is 12.6. The molecular weight excluding hydrogens is 288 g/mol. The number of hydrogen-bond donors (Lipinski definition) is 2. The van der Waals surface area contributed by atoms with Crippen LogP contribution in [0.15, 0.2) is 29.2 Å². The van der Waals surface area contributed by atoms with Crippen LogP contribution in [0.4, 0.5) is 0 Å². The Morgan fingerprint density at radius 3 is 2.62 bits per heavy atom. The van der Waals surface area contributed by atoms with E-state index in [2.05, 4.69) is 4.72 Å². The van der Waals surface area contributed by atoms with Gasteiger partial charge < -0.3 is 5.11 Å². The lowest BCUT2D eigenvalue weighted by Crippen LogP contribution is -2.33. The molecule has 1 aromatic rings. The number of hydrogen-bond acceptors (Lipinski definition) is 4. The van der Waals surface area contributed by atoms with Crippen molar-refractivity contribution in [2.24, 2.45) is 5.92 Å². The average Bonchev–Trinajstić information content (AvgIpc) is 2.46. The van der Waals surface area contributed by atoms with Crippen LogP contribution in [0.1, 0.15) is 31.2 Å². The first-order valence-corrected chi connectivity index (χ1v) is 8.63. The Bertz CT molecular complexity index is 605. The second-order valence-corrected chi connectivity index (χ2v) is 7.28. The number of aliphatic hydroxyl groups excluding tert-OH is 1. The van der Waals surface area contributed by atoms with E-state index in [1.54, 1.807) is 12.1 Å². The summed E-state index contributed by atoms with van der Waals surface area (Å²) in [7, 11) is -3.52. The van der Waals surface area contributed by atoms with Gasteiger partial charge in [0.15, 0.2) is 0 Å². The fourth-order valence-corrected chi connectivity index (χ4v) is 3.75. The first-order chi connectivity index (χ1) is 10.0. The Labute approximate surface area is 125 Å². The van der Waals surface area contributed by atoms with Gasteiger partial charge in [-0.1, -0.05) is 18.6 Å². The summed E-state index contributed by atoms with van der Waals surface area (Å²) in [5.41, 5.74) is 0.798. The minimum absolute atomic E-state index is 0.196. The molecule has 2 N–H and O–H groups in total. The third kappa shape index (κ3) is 4.53. The van der Waals surface area contributed by atoms with Gasteiger partial charge in [0.05, 0.1) is 23.5 Å². The van der Waals surface area contributed by atoms with Crippen LogP contribution in [0.2, 0.25) is 0 Å². The fourth-order valence-electron chi connectivity index (χ4n) is 2.64. The van der Waals surface area contributed by atoms with Crippen LogP contribution in [0.3, 0.4) is 0 Å². The molecule has 1 aliphatic rings. The van der Waals surface area contributed by atoms with Crippen LogP contribution >= 0.6 is 0 Å². The van der Waals surface area contributed by atoms with Crippen molar-refractivity contribution in [2.75, 3.05) is 6.54 Å². The van der Waals surface area contributed by atoms with Gasteiger partial charge in [-0.2, -0.15) is 5.26 Å². The van der Waals surface area contributed by atoms with Crippen LogP contribution in [0.5, 0.6) is 0 Å². The van der Waals surface area contributed by atoms with Gasteiger partial charge in [-0.15, -0.1) is 0 Å². The van der Waals surface area contributed by atoms with Gasteiger partial charge in [-0.05, 0) is 42.9 Å². The van der Waals surface area contributed by atoms with E-state index in [-0.39, 0.29) is 23.3 Å². The topological polar surface area (TPSA) is 90.2 Å². The Morgan fingerprint density at radius 1 is 1.29 bits per heavy atom. The van der Waals surface area contributed by atoms with Crippen LogP contribution in [0, 0.1) is 17.2 Å². The molecule has 1 aliphatic carbocycles. The molecule has 5 nitrogen and oxygen atoms in total. The minimum atomic E-state index is -3.52. The second kappa shape index (κ2) is 7.03. The van der Waals surface area contributed by atoms with Gasteiger partial charge >= 0.3 is 0 Å². The molecule has 1 aromatic carbocycles. The molecule has 0 aromatic heterocycles. The summed E-state index contributed by atoms with van der Waals surface area (Å²) in [6.45, 7) is 0.360. The van der Waals surface area contributed by atoms with E-state index < -0.39 is 10.0 Å². The van der Waals surface area contributed by atoms with Crippen LogP contribution < -0.4 is 4.72 Å². The number of rotatable bonds is 5. The van der Waals surface area contributed by atoms with E-state index in [0.717, 1.165) is 24.8 Å². The largest absolute Gasteiger partial charge is 0.393 e. The predicted molar refractivity (Wildman–Crippen MR) is 78.9 cm³/mol. The van der Waals surface area contributed by atoms with Crippen molar-refractivity contribution in [3.63, 3.8) is 0 Å². The molecule has 2 rings (SSSR count). The lowest BCUT2D eigenvalue weighted by Gasteiger charge is -2.25. The highest BCUT2D eigenvalue weighted by molar-refractivity contribution is 7.89. The molecule has 0 amide bonds. The third-order valence-electron chi connectivity index (χ3n) is 3.83. The Morgan fingerprint density at radius 2 is 2.00 bits per heavy atom. The summed E-state index contributed by atoms with van der Waals surface area (Å²) in [4.78, 5) is 0.209. The fraction of sp³-hybridized carbons (Fsp3) is 0.533. The van der Waals surface area contributed by atoms with Crippen molar-refractivity contribution in [1.29, 1.82) is 5.26 Å². The molecule has 1 saturated carbocycles. The van der Waals surface area contributed by atoms with Gasteiger partial charge in [-0.25, -0.2) is 13.1 Å². The van der Waals surface area contributed by atoms with E-state index in [0.29, 0.717) is 13.0 Å². The van der Waals surface area contributed by atoms with E-state index in [9.17, 15) is 13.5 Å². The van der Waals surface area contributed by atoms with E-state index in [4.69, 9.17) is 5.26 Å². The zero-order chi connectivity index (χ0) is 15.3. The number of nitrogens with one attached hydrogen (secondary N) is 1. The summed E-state index contributed by atoms with van der Waals surface area (Å²) in [5, 5.41) is 18.2. The number of benzene rings is 1. The van der Waals surface area contributed by atoms with Gasteiger partial charge in [0.25, 0.3) is 0 Å². The third-order valence-corrected chi connectivity index (χ3v) is 5.27. The first kappa shape index (κ1) is 16.0. The molecular formula is C15H20N2O3S. The number of aliphatic hydroxyl groups is 1. The molecule has 114 valence electrons. The average molecular weight is 308 g/mol. The molecule has 0 heterocycles. The maximum Gasteiger partial charge on any atom is 0.240 e. The van der Waals surface area contributed by atoms with Crippen molar-refractivity contribution in [3.05, 3.63) is 29.8 Å². The Kier molecular flexibility index (Phi) is 5.34. The maximum atomic E-state index is 12.2. The quantitative estimate of drug-likeness (QED) is 0.864. The molecule has 2 atom stereocenters. The van der Waals surface area contributed by atoms with Gasteiger partial charge in [0.2, 0.25) is 10.0 Å². The standard InChI is InChI=1S/C15H20N2O3S/c16-9-8-12-4-6-15(7-5-12)21(19,20)17-11-13-2-1-3-14(18)10-13/h4-7,13-14,17-18H,1-3,8,10-11H2. The maximum absolute atomic E-state index is 12.2.